The highest BCUT2D eigenvalue weighted by molar-refractivity contribution is 5.71. The molecule has 83 heavy (non-hydrogen) atoms. The highest BCUT2D eigenvalue weighted by Gasteiger charge is 2.19. The predicted molar refractivity (Wildman–Crippen MR) is 362 cm³/mol. The number of allylic oxidation sites excluding steroid dienone is 12. The minimum Gasteiger partial charge on any atom is -0.462 e. The molecule has 0 saturated carbocycles. The fraction of sp³-hybridized carbons (Fsp3) is 0.805. The van der Waals surface area contributed by atoms with Gasteiger partial charge in [0.25, 0.3) is 0 Å². The van der Waals surface area contributed by atoms with Crippen molar-refractivity contribution in [2.24, 2.45) is 0 Å². The molecule has 0 spiro atoms. The lowest BCUT2D eigenvalue weighted by molar-refractivity contribution is -0.167. The molecule has 0 aliphatic heterocycles. The average Bonchev–Trinajstić information content (AvgIpc) is 3.49. The van der Waals surface area contributed by atoms with Gasteiger partial charge in [0.05, 0.1) is 0 Å². The molecule has 1 unspecified atom stereocenters. The molecule has 0 saturated heterocycles. The monoisotopic (exact) mass is 1160 g/mol. The minimum atomic E-state index is -0.796. The second-order valence-electron chi connectivity index (χ2n) is 24.5. The van der Waals surface area contributed by atoms with E-state index in [1.807, 2.05) is 0 Å². The Kier molecular flexibility index (Phi) is 68.6. The van der Waals surface area contributed by atoms with Gasteiger partial charge in [-0.1, -0.05) is 344 Å². The smallest absolute Gasteiger partial charge is 0.306 e. The van der Waals surface area contributed by atoms with Gasteiger partial charge in [0.15, 0.2) is 6.10 Å². The number of ether oxygens (including phenoxy) is 3. The number of rotatable bonds is 67. The summed E-state index contributed by atoms with van der Waals surface area (Å²) >= 11 is 0. The Morgan fingerprint density at radius 1 is 0.253 bits per heavy atom. The lowest BCUT2D eigenvalue weighted by Gasteiger charge is -2.18. The third-order valence-electron chi connectivity index (χ3n) is 16.2. The van der Waals surface area contributed by atoms with E-state index in [1.54, 1.807) is 0 Å². The van der Waals surface area contributed by atoms with Crippen molar-refractivity contribution >= 4 is 17.9 Å². The van der Waals surface area contributed by atoms with E-state index in [-0.39, 0.29) is 31.1 Å². The first kappa shape index (κ1) is 79.8. The van der Waals surface area contributed by atoms with E-state index in [0.717, 1.165) is 109 Å². The van der Waals surface area contributed by atoms with Crippen LogP contribution >= 0.6 is 0 Å². The van der Waals surface area contributed by atoms with Gasteiger partial charge >= 0.3 is 17.9 Å². The van der Waals surface area contributed by atoms with Crippen LogP contribution in [0.4, 0.5) is 0 Å². The van der Waals surface area contributed by atoms with Crippen molar-refractivity contribution in [3.05, 3.63) is 72.9 Å². The van der Waals surface area contributed by atoms with Crippen molar-refractivity contribution in [2.75, 3.05) is 13.2 Å². The maximum absolute atomic E-state index is 12.9. The van der Waals surface area contributed by atoms with Crippen molar-refractivity contribution < 1.29 is 28.6 Å². The molecule has 0 rings (SSSR count). The lowest BCUT2D eigenvalue weighted by atomic mass is 10.0. The Morgan fingerprint density at radius 3 is 0.747 bits per heavy atom. The van der Waals surface area contributed by atoms with Crippen molar-refractivity contribution in [3.8, 4) is 0 Å². The molecule has 6 nitrogen and oxygen atoms in total. The molecule has 0 aromatic heterocycles. The summed E-state index contributed by atoms with van der Waals surface area (Å²) in [6.07, 6.45) is 93.9. The zero-order valence-corrected chi connectivity index (χ0v) is 55.5. The Balaban J connectivity index is 4.20. The Morgan fingerprint density at radius 2 is 0.470 bits per heavy atom. The molecule has 0 aromatic rings. The van der Waals surface area contributed by atoms with E-state index in [4.69, 9.17) is 14.2 Å². The molecule has 6 heteroatoms. The van der Waals surface area contributed by atoms with Crippen LogP contribution in [0.5, 0.6) is 0 Å². The molecule has 0 N–H and O–H groups in total. The van der Waals surface area contributed by atoms with E-state index in [9.17, 15) is 14.4 Å². The number of carbonyl (C=O) groups is 3. The number of unbranched alkanes of at least 4 members (excludes halogenated alkanes) is 44. The molecule has 1 atom stereocenters. The van der Waals surface area contributed by atoms with Crippen LogP contribution in [0.25, 0.3) is 0 Å². The van der Waals surface area contributed by atoms with Crippen molar-refractivity contribution in [3.63, 3.8) is 0 Å². The first-order chi connectivity index (χ1) is 41.0. The largest absolute Gasteiger partial charge is 0.462 e. The van der Waals surface area contributed by atoms with E-state index < -0.39 is 6.10 Å². The summed E-state index contributed by atoms with van der Waals surface area (Å²) in [4.78, 5) is 38.4. The van der Waals surface area contributed by atoms with Crippen LogP contribution in [0.3, 0.4) is 0 Å². The van der Waals surface area contributed by atoms with Crippen LogP contribution in [0.15, 0.2) is 72.9 Å². The lowest BCUT2D eigenvalue weighted by Crippen LogP contribution is -2.30. The standard InChI is InChI=1S/C77H138O6/c1-4-7-10-13-16-19-22-25-27-29-31-33-34-35-36-37-38-39-40-41-42-44-45-47-49-52-55-58-61-64-67-70-76(79)82-73-74(72-81-75(78)69-66-63-60-57-54-51-24-21-18-15-12-9-6-3)83-77(80)71-68-65-62-59-56-53-50-48-46-43-32-30-28-26-23-20-17-14-11-8-5-2/h9,12,18,21,23,26,30,32,46,48,51,54,74H,4-8,10-11,13-17,19-20,22,24-25,27-29,31,33-45,47,49-50,52-53,55-73H2,1-3H3/b12-9-,21-18-,26-23-,32-30-,48-46-,54-51-. The Bertz CT molecular complexity index is 1520. The average molecular weight is 1160 g/mol. The first-order valence-electron chi connectivity index (χ1n) is 36.4. The van der Waals surface area contributed by atoms with E-state index >= 15 is 0 Å². The highest BCUT2D eigenvalue weighted by Crippen LogP contribution is 2.18. The number of hydrogen-bond donors (Lipinski definition) is 0. The van der Waals surface area contributed by atoms with Gasteiger partial charge in [-0.05, 0) is 89.9 Å². The Hall–Kier alpha value is -3.15. The molecule has 0 aliphatic carbocycles. The van der Waals surface area contributed by atoms with Gasteiger partial charge in [-0.2, -0.15) is 0 Å². The van der Waals surface area contributed by atoms with Crippen LogP contribution < -0.4 is 0 Å². The van der Waals surface area contributed by atoms with Crippen LogP contribution in [0.1, 0.15) is 380 Å². The van der Waals surface area contributed by atoms with Crippen LogP contribution in [-0.2, 0) is 28.6 Å². The molecule has 0 heterocycles. The van der Waals surface area contributed by atoms with Crippen molar-refractivity contribution in [1.82, 2.24) is 0 Å². The van der Waals surface area contributed by atoms with Gasteiger partial charge in [0, 0.05) is 19.3 Å². The number of hydrogen-bond acceptors (Lipinski definition) is 6. The third kappa shape index (κ3) is 69.5. The minimum absolute atomic E-state index is 0.0875. The molecule has 0 amide bonds. The fourth-order valence-electron chi connectivity index (χ4n) is 10.8. The molecule has 482 valence electrons. The quantitative estimate of drug-likeness (QED) is 0.0261. The predicted octanol–water partition coefficient (Wildman–Crippen LogP) is 25.2. The summed E-state index contributed by atoms with van der Waals surface area (Å²) in [6, 6.07) is 0. The zero-order chi connectivity index (χ0) is 59.9. The van der Waals surface area contributed by atoms with E-state index in [2.05, 4.69) is 93.7 Å². The molecular formula is C77H138O6. The zero-order valence-electron chi connectivity index (χ0n) is 55.5. The van der Waals surface area contributed by atoms with Gasteiger partial charge in [0.2, 0.25) is 0 Å². The first-order valence-corrected chi connectivity index (χ1v) is 36.4. The number of esters is 3. The van der Waals surface area contributed by atoms with Gasteiger partial charge in [0.1, 0.15) is 13.2 Å². The van der Waals surface area contributed by atoms with Crippen LogP contribution in [0, 0.1) is 0 Å². The van der Waals surface area contributed by atoms with E-state index in [1.165, 1.54) is 231 Å². The van der Waals surface area contributed by atoms with Gasteiger partial charge in [-0.15, -0.1) is 0 Å². The van der Waals surface area contributed by atoms with Gasteiger partial charge in [-0.25, -0.2) is 0 Å². The summed E-state index contributed by atoms with van der Waals surface area (Å²) < 4.78 is 16.9. The summed E-state index contributed by atoms with van der Waals surface area (Å²) in [5.41, 5.74) is 0. The molecule has 0 aromatic carbocycles. The molecule has 0 radical (unpaired) electrons. The van der Waals surface area contributed by atoms with Crippen LogP contribution in [0.2, 0.25) is 0 Å². The Labute approximate surface area is 516 Å². The second kappa shape index (κ2) is 71.3. The molecule has 0 bridgehead atoms. The van der Waals surface area contributed by atoms with Gasteiger partial charge < -0.3 is 14.2 Å². The molecule has 0 aliphatic rings. The van der Waals surface area contributed by atoms with E-state index in [0.29, 0.717) is 19.3 Å². The maximum atomic E-state index is 12.9. The van der Waals surface area contributed by atoms with Crippen molar-refractivity contribution in [1.29, 1.82) is 0 Å². The summed E-state index contributed by atoms with van der Waals surface area (Å²) in [5.74, 6) is -0.912. The number of carbonyl (C=O) groups excluding carboxylic acids is 3. The fourth-order valence-corrected chi connectivity index (χ4v) is 10.8. The summed E-state index contributed by atoms with van der Waals surface area (Å²) in [5, 5.41) is 0. The van der Waals surface area contributed by atoms with Crippen LogP contribution in [-0.4, -0.2) is 37.2 Å². The topological polar surface area (TPSA) is 78.9 Å². The summed E-state index contributed by atoms with van der Waals surface area (Å²) in [6.45, 7) is 6.53. The molecule has 0 fully saturated rings. The second-order valence-corrected chi connectivity index (χ2v) is 24.5. The maximum Gasteiger partial charge on any atom is 0.306 e. The highest BCUT2D eigenvalue weighted by atomic mass is 16.6. The van der Waals surface area contributed by atoms with Gasteiger partial charge in [-0.3, -0.25) is 14.4 Å². The normalized spacial score (nSPS) is 12.5. The SMILES string of the molecule is CC/C=C\C/C=C\C/C=C\CCCCCC(=O)OCC(COC(=O)CCCCCCCCCCCCCCCCCCCCCCCCCCCCCCCCC)OC(=O)CCCCCCCC/C=C\C/C=C\C/C=C\CCCCCCC. The third-order valence-corrected chi connectivity index (χ3v) is 16.2. The molecular weight excluding hydrogens is 1020 g/mol. The van der Waals surface area contributed by atoms with Crippen molar-refractivity contribution in [2.45, 2.75) is 386 Å². The summed E-state index contributed by atoms with van der Waals surface area (Å²) in [7, 11) is 0.